The van der Waals surface area contributed by atoms with Gasteiger partial charge in [-0.05, 0) is 49.4 Å². The minimum absolute atomic E-state index is 0.0892. The number of pyridine rings is 1. The van der Waals surface area contributed by atoms with E-state index in [1.807, 2.05) is 0 Å². The number of nitrogens with zero attached hydrogens (tertiary/aromatic N) is 3. The van der Waals surface area contributed by atoms with Gasteiger partial charge in [0.05, 0.1) is 16.5 Å². The number of hydrogen-bond acceptors (Lipinski definition) is 3. The highest BCUT2D eigenvalue weighted by molar-refractivity contribution is 7.83. The number of halogens is 5. The molecule has 1 unspecified atom stereocenters. The molecule has 2 aromatic heterocycles. The number of alkyl halides is 4. The second-order valence-corrected chi connectivity index (χ2v) is 10.2. The molecule has 3 aromatic rings. The lowest BCUT2D eigenvalue weighted by Gasteiger charge is -2.31. The van der Waals surface area contributed by atoms with Gasteiger partial charge in [0.1, 0.15) is 23.8 Å². The average Bonchev–Trinajstić information content (AvgIpc) is 3.57. The molecule has 1 aromatic carbocycles. The number of rotatable bonds is 6. The van der Waals surface area contributed by atoms with Crippen LogP contribution in [0.25, 0.3) is 22.0 Å². The van der Waals surface area contributed by atoms with Crippen LogP contribution in [0.1, 0.15) is 48.5 Å². The molecule has 2 fully saturated rings. The molecular weight excluding hydrogens is 475 g/mol. The summed E-state index contributed by atoms with van der Waals surface area (Å²) in [4.78, 5) is 3.71. The summed E-state index contributed by atoms with van der Waals surface area (Å²) < 4.78 is 86.9. The number of nitriles is 1. The number of fused-ring (bicyclic) bond motifs is 1. The van der Waals surface area contributed by atoms with Crippen LogP contribution in [0.15, 0.2) is 30.6 Å². The summed E-state index contributed by atoms with van der Waals surface area (Å²) in [5.74, 6) is -0.943. The predicted molar refractivity (Wildman–Crippen MR) is 116 cm³/mol. The van der Waals surface area contributed by atoms with Gasteiger partial charge in [-0.25, -0.2) is 22.7 Å². The fraction of sp³-hybridized carbons (Fsp3) is 0.391. The van der Waals surface area contributed by atoms with Crippen LogP contribution in [-0.4, -0.2) is 25.2 Å². The Morgan fingerprint density at radius 2 is 2.00 bits per heavy atom. The van der Waals surface area contributed by atoms with Crippen LogP contribution in [0.2, 0.25) is 0 Å². The summed E-state index contributed by atoms with van der Waals surface area (Å²) in [6.07, 6.45) is -1.02. The fourth-order valence-electron chi connectivity index (χ4n) is 4.33. The Morgan fingerprint density at radius 1 is 1.26 bits per heavy atom. The third kappa shape index (κ3) is 4.09. The number of hydrogen-bond donors (Lipinski definition) is 1. The number of aromatic nitrogens is 2. The zero-order chi connectivity index (χ0) is 24.2. The number of nitrogens with one attached hydrogen (secondary N) is 1. The molecule has 34 heavy (non-hydrogen) atoms. The molecule has 0 bridgehead atoms. The Morgan fingerprint density at radius 3 is 2.62 bits per heavy atom. The first-order valence-electron chi connectivity index (χ1n) is 10.7. The molecule has 0 amide bonds. The van der Waals surface area contributed by atoms with Crippen LogP contribution >= 0.6 is 0 Å². The zero-order valence-corrected chi connectivity index (χ0v) is 18.5. The molecule has 0 aliphatic heterocycles. The van der Waals surface area contributed by atoms with E-state index in [-0.39, 0.29) is 30.7 Å². The molecule has 2 aliphatic rings. The minimum atomic E-state index is -4.83. The summed E-state index contributed by atoms with van der Waals surface area (Å²) in [7, 11) is -1.24. The summed E-state index contributed by atoms with van der Waals surface area (Å²) in [5, 5.41) is 9.90. The van der Waals surface area contributed by atoms with Gasteiger partial charge in [-0.3, -0.25) is 0 Å². The molecule has 5 rings (SSSR count). The van der Waals surface area contributed by atoms with Crippen molar-refractivity contribution in [2.75, 3.05) is 0 Å². The van der Waals surface area contributed by atoms with Gasteiger partial charge < -0.3 is 4.57 Å². The lowest BCUT2D eigenvalue weighted by atomic mass is 9.90. The molecule has 0 radical (unpaired) electrons. The predicted octanol–water partition coefficient (Wildman–Crippen LogP) is 5.32. The molecule has 2 saturated carbocycles. The van der Waals surface area contributed by atoms with E-state index in [9.17, 15) is 27.0 Å². The van der Waals surface area contributed by atoms with E-state index in [1.165, 1.54) is 6.07 Å². The minimum Gasteiger partial charge on any atom is -0.344 e. The van der Waals surface area contributed by atoms with E-state index in [4.69, 9.17) is 0 Å². The molecule has 1 atom stereocenters. The normalized spacial score (nSPS) is 21.3. The topological polar surface area (TPSA) is 70.7 Å². The van der Waals surface area contributed by atoms with Crippen molar-refractivity contribution in [3.8, 4) is 17.2 Å². The van der Waals surface area contributed by atoms with Crippen molar-refractivity contribution in [1.29, 1.82) is 5.26 Å². The smallest absolute Gasteiger partial charge is 0.344 e. The highest BCUT2D eigenvalue weighted by Crippen LogP contribution is 2.43. The van der Waals surface area contributed by atoms with Crippen LogP contribution in [0.3, 0.4) is 0 Å². The lowest BCUT2D eigenvalue weighted by molar-refractivity contribution is -0.137. The van der Waals surface area contributed by atoms with Crippen LogP contribution in [0.4, 0.5) is 22.0 Å². The Balaban J connectivity index is 1.66. The first-order chi connectivity index (χ1) is 16.2. The SMILES string of the molecule is N#Cc1nccc(C(F)(F)F)c1-c1cc2c(cc1F)c(CNS(=O)C1CC1)cn2C1CC(F)C1. The molecule has 0 saturated heterocycles. The highest BCUT2D eigenvalue weighted by atomic mass is 32.2. The maximum Gasteiger partial charge on any atom is 0.417 e. The standard InChI is InChI=1S/C23H19F5N4OS/c24-13-5-14(6-13)32-11-12(10-31-34(33)15-1-2-15)16-7-19(25)17(8-21(16)32)22-18(23(26,27)28)3-4-30-20(22)9-29/h3-4,7-8,11,13-15,31H,1-2,5-6,10H2. The lowest BCUT2D eigenvalue weighted by Crippen LogP contribution is -2.27. The second kappa shape index (κ2) is 8.43. The monoisotopic (exact) mass is 494 g/mol. The molecule has 178 valence electrons. The van der Waals surface area contributed by atoms with Crippen molar-refractivity contribution < 1.29 is 26.2 Å². The fourth-order valence-corrected chi connectivity index (χ4v) is 5.42. The first-order valence-corrected chi connectivity index (χ1v) is 12.0. The molecule has 1 N–H and O–H groups in total. The molecule has 2 heterocycles. The third-order valence-electron chi connectivity index (χ3n) is 6.32. The Hall–Kier alpha value is -2.84. The Labute approximate surface area is 194 Å². The van der Waals surface area contributed by atoms with E-state index in [0.717, 1.165) is 25.1 Å². The number of benzene rings is 1. The van der Waals surface area contributed by atoms with Gasteiger partial charge in [0.25, 0.3) is 0 Å². The molecule has 11 heteroatoms. The van der Waals surface area contributed by atoms with Crippen LogP contribution in [-0.2, 0) is 23.7 Å². The van der Waals surface area contributed by atoms with Crippen molar-refractivity contribution in [3.63, 3.8) is 0 Å². The van der Waals surface area contributed by atoms with Gasteiger partial charge in [-0.1, -0.05) is 0 Å². The molecule has 5 nitrogen and oxygen atoms in total. The van der Waals surface area contributed by atoms with Crippen LogP contribution in [0.5, 0.6) is 0 Å². The quantitative estimate of drug-likeness (QED) is 0.472. The zero-order valence-electron chi connectivity index (χ0n) is 17.7. The van der Waals surface area contributed by atoms with Gasteiger partial charge in [-0.15, -0.1) is 0 Å². The van der Waals surface area contributed by atoms with Crippen molar-refractivity contribution in [2.45, 2.75) is 55.9 Å². The van der Waals surface area contributed by atoms with E-state index in [1.54, 1.807) is 16.8 Å². The highest BCUT2D eigenvalue weighted by Gasteiger charge is 2.37. The van der Waals surface area contributed by atoms with E-state index in [2.05, 4.69) is 9.71 Å². The van der Waals surface area contributed by atoms with E-state index in [0.29, 0.717) is 22.5 Å². The summed E-state index contributed by atoms with van der Waals surface area (Å²) in [5.41, 5.74) is -1.70. The van der Waals surface area contributed by atoms with E-state index >= 15 is 4.39 Å². The van der Waals surface area contributed by atoms with E-state index < -0.39 is 51.5 Å². The van der Waals surface area contributed by atoms with Crippen molar-refractivity contribution in [2.24, 2.45) is 0 Å². The Kier molecular flexibility index (Phi) is 5.68. The van der Waals surface area contributed by atoms with Gasteiger partial charge >= 0.3 is 6.18 Å². The summed E-state index contributed by atoms with van der Waals surface area (Å²) in [6, 6.07) is 4.49. The Bertz CT molecular complexity index is 1340. The summed E-state index contributed by atoms with van der Waals surface area (Å²) in [6.45, 7) is 0.168. The van der Waals surface area contributed by atoms with Crippen molar-refractivity contribution in [3.05, 3.63) is 53.2 Å². The molecule has 2 aliphatic carbocycles. The van der Waals surface area contributed by atoms with Gasteiger partial charge in [-0.2, -0.15) is 18.4 Å². The van der Waals surface area contributed by atoms with Crippen molar-refractivity contribution in [1.82, 2.24) is 14.3 Å². The third-order valence-corrected chi connectivity index (χ3v) is 7.82. The van der Waals surface area contributed by atoms with Gasteiger partial charge in [0.2, 0.25) is 0 Å². The molecular formula is C23H19F5N4OS. The molecule has 0 spiro atoms. The van der Waals surface area contributed by atoms with Gasteiger partial charge in [0, 0.05) is 52.3 Å². The second-order valence-electron chi connectivity index (χ2n) is 8.64. The van der Waals surface area contributed by atoms with Crippen LogP contribution < -0.4 is 4.72 Å². The first kappa shape index (κ1) is 22.9. The van der Waals surface area contributed by atoms with Gasteiger partial charge in [0.15, 0.2) is 0 Å². The van der Waals surface area contributed by atoms with Crippen LogP contribution in [0, 0.1) is 17.1 Å². The average molecular weight is 494 g/mol. The maximum atomic E-state index is 15.3. The largest absolute Gasteiger partial charge is 0.417 e. The maximum absolute atomic E-state index is 15.3. The van der Waals surface area contributed by atoms with Crippen molar-refractivity contribution >= 4 is 21.9 Å². The summed E-state index contributed by atoms with van der Waals surface area (Å²) >= 11 is 0.